The van der Waals surface area contributed by atoms with Crippen LogP contribution in [0, 0.1) is 17.6 Å². The molecule has 1 aliphatic rings. The van der Waals surface area contributed by atoms with Crippen LogP contribution >= 0.6 is 0 Å². The Morgan fingerprint density at radius 3 is 2.81 bits per heavy atom. The predicted molar refractivity (Wildman–Crippen MR) is 75.2 cm³/mol. The topological polar surface area (TPSA) is 29.5 Å². The number of hydrogen-bond donors (Lipinski definition) is 1. The van der Waals surface area contributed by atoms with Crippen molar-refractivity contribution < 1.29 is 18.6 Å². The Labute approximate surface area is 122 Å². The Morgan fingerprint density at radius 1 is 1.14 bits per heavy atom. The molecule has 0 bridgehead atoms. The Hall–Kier alpha value is -1.94. The molecular weight excluding hydrogens is 274 g/mol. The van der Waals surface area contributed by atoms with Crippen LogP contribution in [0.15, 0.2) is 42.5 Å². The lowest BCUT2D eigenvalue weighted by Crippen LogP contribution is -2.33. The van der Waals surface area contributed by atoms with Gasteiger partial charge in [0.1, 0.15) is 5.75 Å². The molecule has 1 aliphatic heterocycles. The lowest BCUT2D eigenvalue weighted by molar-refractivity contribution is 0.0645. The number of ether oxygens (including phenoxy) is 1. The molecule has 0 saturated carbocycles. The van der Waals surface area contributed by atoms with E-state index in [1.54, 1.807) is 0 Å². The molecule has 0 saturated heterocycles. The van der Waals surface area contributed by atoms with Crippen molar-refractivity contribution in [1.29, 1.82) is 0 Å². The van der Waals surface area contributed by atoms with E-state index in [1.165, 1.54) is 12.1 Å². The summed E-state index contributed by atoms with van der Waals surface area (Å²) in [6.07, 6.45) is -0.0108. The Bertz CT molecular complexity index is 642. The minimum atomic E-state index is -0.884. The molecule has 1 heterocycles. The van der Waals surface area contributed by atoms with Crippen LogP contribution in [0.5, 0.6) is 5.75 Å². The van der Waals surface area contributed by atoms with Crippen LogP contribution in [0.1, 0.15) is 11.1 Å². The van der Waals surface area contributed by atoms with Crippen molar-refractivity contribution in [2.75, 3.05) is 6.61 Å². The zero-order chi connectivity index (χ0) is 14.8. The van der Waals surface area contributed by atoms with E-state index < -0.39 is 17.7 Å². The normalized spacial score (nSPS) is 18.7. The van der Waals surface area contributed by atoms with Crippen molar-refractivity contribution in [2.24, 2.45) is 5.92 Å². The molecule has 4 heteroatoms. The summed E-state index contributed by atoms with van der Waals surface area (Å²) in [7, 11) is 0. The standard InChI is InChI=1S/C17H16F2O2/c18-14-6-3-5-12(17(14)19)9-15(20)13-8-11-4-1-2-7-16(11)21-10-13/h1-7,13,15,20H,8-10H2. The van der Waals surface area contributed by atoms with E-state index in [0.717, 1.165) is 17.4 Å². The summed E-state index contributed by atoms with van der Waals surface area (Å²) < 4.78 is 32.5. The first-order chi connectivity index (χ1) is 10.1. The maximum Gasteiger partial charge on any atom is 0.162 e. The van der Waals surface area contributed by atoms with Crippen molar-refractivity contribution >= 4 is 0 Å². The molecule has 0 spiro atoms. The van der Waals surface area contributed by atoms with Crippen molar-refractivity contribution in [1.82, 2.24) is 0 Å². The zero-order valence-corrected chi connectivity index (χ0v) is 11.4. The highest BCUT2D eigenvalue weighted by Crippen LogP contribution is 2.29. The van der Waals surface area contributed by atoms with Crippen LogP contribution in [0.2, 0.25) is 0 Å². The number of benzene rings is 2. The highest BCUT2D eigenvalue weighted by atomic mass is 19.2. The average Bonchev–Trinajstić information content (AvgIpc) is 2.51. The van der Waals surface area contributed by atoms with Gasteiger partial charge in [-0.2, -0.15) is 0 Å². The van der Waals surface area contributed by atoms with E-state index in [2.05, 4.69) is 0 Å². The van der Waals surface area contributed by atoms with Gasteiger partial charge in [-0.05, 0) is 29.7 Å². The van der Waals surface area contributed by atoms with Gasteiger partial charge in [0.15, 0.2) is 11.6 Å². The molecule has 2 nitrogen and oxygen atoms in total. The maximum absolute atomic E-state index is 13.7. The minimum absolute atomic E-state index is 0.0831. The lowest BCUT2D eigenvalue weighted by atomic mass is 9.89. The third-order valence-corrected chi connectivity index (χ3v) is 3.91. The molecular formula is C17H16F2O2. The van der Waals surface area contributed by atoms with E-state index in [-0.39, 0.29) is 17.9 Å². The smallest absolute Gasteiger partial charge is 0.162 e. The highest BCUT2D eigenvalue weighted by Gasteiger charge is 2.27. The predicted octanol–water partition coefficient (Wildman–Crippen LogP) is 3.12. The first-order valence-corrected chi connectivity index (χ1v) is 6.97. The molecule has 2 aromatic carbocycles. The third-order valence-electron chi connectivity index (χ3n) is 3.91. The molecule has 2 unspecified atom stereocenters. The molecule has 0 aliphatic carbocycles. The van der Waals surface area contributed by atoms with Crippen LogP contribution in [0.4, 0.5) is 8.78 Å². The number of halogens is 2. The van der Waals surface area contributed by atoms with Crippen LogP contribution in [-0.2, 0) is 12.8 Å². The Morgan fingerprint density at radius 2 is 1.95 bits per heavy atom. The van der Waals surface area contributed by atoms with Gasteiger partial charge in [-0.1, -0.05) is 30.3 Å². The van der Waals surface area contributed by atoms with Crippen LogP contribution < -0.4 is 4.74 Å². The molecule has 0 aromatic heterocycles. The van der Waals surface area contributed by atoms with E-state index in [0.29, 0.717) is 13.0 Å². The van der Waals surface area contributed by atoms with Crippen LogP contribution in [0.25, 0.3) is 0 Å². The van der Waals surface area contributed by atoms with Gasteiger partial charge >= 0.3 is 0 Å². The third kappa shape index (κ3) is 2.90. The van der Waals surface area contributed by atoms with Gasteiger partial charge < -0.3 is 9.84 Å². The number of aliphatic hydroxyl groups excluding tert-OH is 1. The number of aliphatic hydroxyl groups is 1. The lowest BCUT2D eigenvalue weighted by Gasteiger charge is -2.29. The molecule has 2 atom stereocenters. The van der Waals surface area contributed by atoms with Gasteiger partial charge in [0.25, 0.3) is 0 Å². The zero-order valence-electron chi connectivity index (χ0n) is 11.4. The minimum Gasteiger partial charge on any atom is -0.493 e. The summed E-state index contributed by atoms with van der Waals surface area (Å²) in [6, 6.07) is 11.7. The van der Waals surface area contributed by atoms with E-state index in [1.807, 2.05) is 24.3 Å². The van der Waals surface area contributed by atoms with Crippen molar-refractivity contribution in [3.05, 3.63) is 65.2 Å². The van der Waals surface area contributed by atoms with Gasteiger partial charge in [0.05, 0.1) is 12.7 Å². The van der Waals surface area contributed by atoms with Gasteiger partial charge in [-0.15, -0.1) is 0 Å². The summed E-state index contributed by atoms with van der Waals surface area (Å²) in [5, 5.41) is 10.3. The fourth-order valence-electron chi connectivity index (χ4n) is 2.70. The first kappa shape index (κ1) is 14.0. The summed E-state index contributed by atoms with van der Waals surface area (Å²) in [5.41, 5.74) is 1.23. The molecule has 110 valence electrons. The van der Waals surface area contributed by atoms with Crippen LogP contribution in [-0.4, -0.2) is 17.8 Å². The SMILES string of the molecule is OC(Cc1cccc(F)c1F)C1COc2ccccc2C1. The molecule has 21 heavy (non-hydrogen) atoms. The van der Waals surface area contributed by atoms with Crippen molar-refractivity contribution in [3.8, 4) is 5.75 Å². The van der Waals surface area contributed by atoms with Gasteiger partial charge in [0, 0.05) is 12.3 Å². The van der Waals surface area contributed by atoms with E-state index in [9.17, 15) is 13.9 Å². The van der Waals surface area contributed by atoms with Crippen molar-refractivity contribution in [2.45, 2.75) is 18.9 Å². The fraction of sp³-hybridized carbons (Fsp3) is 0.294. The summed E-state index contributed by atoms with van der Waals surface area (Å²) >= 11 is 0. The quantitative estimate of drug-likeness (QED) is 0.941. The second-order valence-corrected chi connectivity index (χ2v) is 5.37. The molecule has 0 radical (unpaired) electrons. The summed E-state index contributed by atoms with van der Waals surface area (Å²) in [6.45, 7) is 0.384. The average molecular weight is 290 g/mol. The second kappa shape index (κ2) is 5.82. The molecule has 0 fully saturated rings. The van der Waals surface area contributed by atoms with Gasteiger partial charge in [-0.25, -0.2) is 8.78 Å². The van der Waals surface area contributed by atoms with Gasteiger partial charge in [0.2, 0.25) is 0 Å². The van der Waals surface area contributed by atoms with E-state index in [4.69, 9.17) is 4.74 Å². The number of rotatable bonds is 3. The van der Waals surface area contributed by atoms with Crippen molar-refractivity contribution in [3.63, 3.8) is 0 Å². The first-order valence-electron chi connectivity index (χ1n) is 6.97. The Balaban J connectivity index is 1.72. The number of fused-ring (bicyclic) bond motifs is 1. The molecule has 1 N–H and O–H groups in total. The molecule has 0 amide bonds. The number of para-hydroxylation sites is 1. The highest BCUT2D eigenvalue weighted by molar-refractivity contribution is 5.35. The summed E-state index contributed by atoms with van der Waals surface area (Å²) in [5.74, 6) is -1.06. The second-order valence-electron chi connectivity index (χ2n) is 5.37. The summed E-state index contributed by atoms with van der Waals surface area (Å²) in [4.78, 5) is 0. The van der Waals surface area contributed by atoms with Crippen LogP contribution in [0.3, 0.4) is 0 Å². The number of hydrogen-bond acceptors (Lipinski definition) is 2. The largest absolute Gasteiger partial charge is 0.493 e. The fourth-order valence-corrected chi connectivity index (χ4v) is 2.70. The van der Waals surface area contributed by atoms with E-state index >= 15 is 0 Å². The molecule has 2 aromatic rings. The maximum atomic E-state index is 13.7. The molecule has 3 rings (SSSR count). The monoisotopic (exact) mass is 290 g/mol. The van der Waals surface area contributed by atoms with Gasteiger partial charge in [-0.3, -0.25) is 0 Å². The Kier molecular flexibility index (Phi) is 3.88.